The highest BCUT2D eigenvalue weighted by Gasteiger charge is 2.19. The molecule has 0 bridgehead atoms. The van der Waals surface area contributed by atoms with Gasteiger partial charge in [-0.1, -0.05) is 19.3 Å². The third kappa shape index (κ3) is 1.94. The van der Waals surface area contributed by atoms with Gasteiger partial charge in [0.05, 0.1) is 0 Å². The van der Waals surface area contributed by atoms with Crippen LogP contribution in [0, 0.1) is 5.92 Å². The van der Waals surface area contributed by atoms with Gasteiger partial charge in [0.25, 0.3) is 0 Å². The molecule has 0 saturated heterocycles. The van der Waals surface area contributed by atoms with Gasteiger partial charge in [-0.15, -0.1) is 0 Å². The van der Waals surface area contributed by atoms with Gasteiger partial charge < -0.3 is 5.73 Å². The van der Waals surface area contributed by atoms with Gasteiger partial charge in [-0.05, 0) is 12.3 Å². The van der Waals surface area contributed by atoms with Crippen LogP contribution in [0.4, 0.5) is 4.39 Å². The van der Waals surface area contributed by atoms with Crippen LogP contribution in [0.3, 0.4) is 0 Å². The van der Waals surface area contributed by atoms with Gasteiger partial charge in [0, 0.05) is 6.04 Å². The van der Waals surface area contributed by atoms with Crippen molar-refractivity contribution in [3.8, 4) is 0 Å². The van der Waals surface area contributed by atoms with E-state index in [2.05, 4.69) is 0 Å². The molecule has 0 spiro atoms. The zero-order valence-electron chi connectivity index (χ0n) is 5.65. The minimum Gasteiger partial charge on any atom is -0.325 e. The summed E-state index contributed by atoms with van der Waals surface area (Å²) < 4.78 is 11.8. The molecule has 54 valence electrons. The van der Waals surface area contributed by atoms with Gasteiger partial charge in [0.15, 0.2) is 0 Å². The van der Waals surface area contributed by atoms with E-state index in [1.807, 2.05) is 0 Å². The summed E-state index contributed by atoms with van der Waals surface area (Å²) >= 11 is 0. The van der Waals surface area contributed by atoms with E-state index < -0.39 is 0 Å². The third-order valence-corrected chi connectivity index (χ3v) is 2.06. The molecule has 0 aromatic carbocycles. The summed E-state index contributed by atoms with van der Waals surface area (Å²) in [4.78, 5) is 0. The van der Waals surface area contributed by atoms with E-state index in [1.54, 1.807) is 0 Å². The van der Waals surface area contributed by atoms with Crippen molar-refractivity contribution in [3.63, 3.8) is 0 Å². The second-order valence-corrected chi connectivity index (χ2v) is 2.95. The molecule has 0 aliphatic heterocycles. The Kier molecular flexibility index (Phi) is 2.46. The number of hydrogen-bond acceptors (Lipinski definition) is 1. The lowest BCUT2D eigenvalue weighted by atomic mass is 9.81. The van der Waals surface area contributed by atoms with Crippen molar-refractivity contribution in [2.45, 2.75) is 31.7 Å². The Morgan fingerprint density at radius 2 is 2.22 bits per heavy atom. The van der Waals surface area contributed by atoms with E-state index in [0.29, 0.717) is 0 Å². The standard InChI is InChI=1S/C7H14FN/c8-5-7(9)4-6-2-1-3-6/h6-7H,1-5,9H2. The van der Waals surface area contributed by atoms with E-state index in [-0.39, 0.29) is 12.7 Å². The normalized spacial score (nSPS) is 23.3. The molecule has 1 saturated carbocycles. The summed E-state index contributed by atoms with van der Waals surface area (Å²) in [7, 11) is 0. The Labute approximate surface area is 55.4 Å². The van der Waals surface area contributed by atoms with Gasteiger partial charge in [-0.2, -0.15) is 0 Å². The number of nitrogens with two attached hydrogens (primary N) is 1. The predicted octanol–water partition coefficient (Wildman–Crippen LogP) is 1.47. The van der Waals surface area contributed by atoms with E-state index in [1.165, 1.54) is 19.3 Å². The lowest BCUT2D eigenvalue weighted by molar-refractivity contribution is 0.258. The van der Waals surface area contributed by atoms with Gasteiger partial charge in [0.2, 0.25) is 0 Å². The maximum absolute atomic E-state index is 11.8. The summed E-state index contributed by atoms with van der Waals surface area (Å²) in [5.74, 6) is 0.746. The van der Waals surface area contributed by atoms with Gasteiger partial charge >= 0.3 is 0 Å². The molecule has 1 aliphatic carbocycles. The van der Waals surface area contributed by atoms with Crippen molar-refractivity contribution in [3.05, 3.63) is 0 Å². The Bertz CT molecular complexity index is 78.2. The third-order valence-electron chi connectivity index (χ3n) is 2.06. The summed E-state index contributed by atoms with van der Waals surface area (Å²) in [6, 6.07) is -0.185. The van der Waals surface area contributed by atoms with E-state index >= 15 is 0 Å². The van der Waals surface area contributed by atoms with Gasteiger partial charge in [0.1, 0.15) is 6.67 Å². The molecule has 1 nitrogen and oxygen atoms in total. The smallest absolute Gasteiger partial charge is 0.104 e. The average molecular weight is 131 g/mol. The molecule has 0 radical (unpaired) electrons. The summed E-state index contributed by atoms with van der Waals surface area (Å²) in [6.07, 6.45) is 4.77. The summed E-state index contributed by atoms with van der Waals surface area (Å²) in [5, 5.41) is 0. The maximum Gasteiger partial charge on any atom is 0.104 e. The lowest BCUT2D eigenvalue weighted by Gasteiger charge is -2.26. The lowest BCUT2D eigenvalue weighted by Crippen LogP contribution is -2.28. The van der Waals surface area contributed by atoms with Crippen LogP contribution in [0.2, 0.25) is 0 Å². The minimum atomic E-state index is -0.351. The van der Waals surface area contributed by atoms with E-state index in [9.17, 15) is 4.39 Å². The van der Waals surface area contributed by atoms with Crippen LogP contribution >= 0.6 is 0 Å². The molecule has 1 atom stereocenters. The van der Waals surface area contributed by atoms with Crippen molar-refractivity contribution in [1.29, 1.82) is 0 Å². The van der Waals surface area contributed by atoms with E-state index in [4.69, 9.17) is 5.73 Å². The van der Waals surface area contributed by atoms with Crippen LogP contribution in [0.25, 0.3) is 0 Å². The zero-order valence-corrected chi connectivity index (χ0v) is 5.65. The Morgan fingerprint density at radius 1 is 1.56 bits per heavy atom. The second-order valence-electron chi connectivity index (χ2n) is 2.95. The number of hydrogen-bond donors (Lipinski definition) is 1. The Morgan fingerprint density at radius 3 is 2.56 bits per heavy atom. The first-order valence-electron chi connectivity index (χ1n) is 3.64. The van der Waals surface area contributed by atoms with Gasteiger partial charge in [-0.3, -0.25) is 0 Å². The molecular weight excluding hydrogens is 117 g/mol. The highest BCUT2D eigenvalue weighted by Crippen LogP contribution is 2.29. The highest BCUT2D eigenvalue weighted by atomic mass is 19.1. The molecule has 0 aromatic heterocycles. The molecule has 2 N–H and O–H groups in total. The number of rotatable bonds is 3. The molecule has 0 heterocycles. The minimum absolute atomic E-state index is 0.185. The Hall–Kier alpha value is -0.110. The quantitative estimate of drug-likeness (QED) is 0.616. The van der Waals surface area contributed by atoms with Crippen molar-refractivity contribution in [1.82, 2.24) is 0 Å². The fraction of sp³-hybridized carbons (Fsp3) is 1.00. The van der Waals surface area contributed by atoms with Crippen molar-refractivity contribution < 1.29 is 4.39 Å². The molecule has 9 heavy (non-hydrogen) atoms. The summed E-state index contributed by atoms with van der Waals surface area (Å²) in [5.41, 5.74) is 5.41. The van der Waals surface area contributed by atoms with Crippen LogP contribution in [0.1, 0.15) is 25.7 Å². The molecule has 1 rings (SSSR count). The van der Waals surface area contributed by atoms with Crippen LogP contribution in [-0.2, 0) is 0 Å². The highest BCUT2D eigenvalue weighted by molar-refractivity contribution is 4.74. The zero-order chi connectivity index (χ0) is 6.69. The fourth-order valence-electron chi connectivity index (χ4n) is 1.22. The maximum atomic E-state index is 11.8. The number of halogens is 1. The SMILES string of the molecule is NC(CF)CC1CCC1. The van der Waals surface area contributed by atoms with Crippen LogP contribution in [-0.4, -0.2) is 12.7 Å². The largest absolute Gasteiger partial charge is 0.325 e. The van der Waals surface area contributed by atoms with Gasteiger partial charge in [-0.25, -0.2) is 4.39 Å². The fourth-order valence-corrected chi connectivity index (χ4v) is 1.22. The monoisotopic (exact) mass is 131 g/mol. The molecule has 2 heteroatoms. The molecule has 1 aliphatic rings. The molecule has 1 fully saturated rings. The molecule has 0 aromatic rings. The average Bonchev–Trinajstić information content (AvgIpc) is 1.78. The topological polar surface area (TPSA) is 26.0 Å². The first-order chi connectivity index (χ1) is 4.33. The van der Waals surface area contributed by atoms with Crippen molar-refractivity contribution in [2.75, 3.05) is 6.67 Å². The first kappa shape index (κ1) is 7.00. The predicted molar refractivity (Wildman–Crippen MR) is 35.9 cm³/mol. The van der Waals surface area contributed by atoms with Crippen molar-refractivity contribution >= 4 is 0 Å². The van der Waals surface area contributed by atoms with E-state index in [0.717, 1.165) is 12.3 Å². The van der Waals surface area contributed by atoms with Crippen molar-refractivity contribution in [2.24, 2.45) is 11.7 Å². The second kappa shape index (κ2) is 3.16. The molecular formula is C7H14FN. The molecule has 1 unspecified atom stereocenters. The molecule has 0 amide bonds. The van der Waals surface area contributed by atoms with Crippen LogP contribution in [0.15, 0.2) is 0 Å². The van der Waals surface area contributed by atoms with Crippen LogP contribution < -0.4 is 5.73 Å². The Balaban J connectivity index is 2.01. The first-order valence-corrected chi connectivity index (χ1v) is 3.64. The summed E-state index contributed by atoms with van der Waals surface area (Å²) in [6.45, 7) is -0.351. The van der Waals surface area contributed by atoms with Crippen LogP contribution in [0.5, 0.6) is 0 Å². The number of alkyl halides is 1.